The molecule has 2 heteroatoms. The highest BCUT2D eigenvalue weighted by molar-refractivity contribution is 5.10. The van der Waals surface area contributed by atoms with E-state index >= 15 is 0 Å². The minimum absolute atomic E-state index is 1.14. The Labute approximate surface area is 61.0 Å². The van der Waals surface area contributed by atoms with E-state index in [0.29, 0.717) is 0 Å². The summed E-state index contributed by atoms with van der Waals surface area (Å²) in [6.45, 7) is 4.09. The summed E-state index contributed by atoms with van der Waals surface area (Å²) >= 11 is 0. The molecule has 2 nitrogen and oxygen atoms in total. The number of rotatable bonds is 1. The van der Waals surface area contributed by atoms with Gasteiger partial charge in [-0.15, -0.1) is 0 Å². The van der Waals surface area contributed by atoms with E-state index in [9.17, 15) is 0 Å². The minimum atomic E-state index is 1.14. The van der Waals surface area contributed by atoms with Crippen LogP contribution in [0.2, 0.25) is 0 Å². The van der Waals surface area contributed by atoms with Crippen LogP contribution < -0.4 is 9.57 Å². The summed E-state index contributed by atoms with van der Waals surface area (Å²) in [6.07, 6.45) is 1.89. The molecule has 0 aliphatic carbocycles. The van der Waals surface area contributed by atoms with Gasteiger partial charge in [0.05, 0.1) is 0 Å². The Kier molecular flexibility index (Phi) is 1.90. The monoisotopic (exact) mass is 138 g/mol. The number of hydrogen-bond acceptors (Lipinski definition) is 1. The molecule has 0 amide bonds. The molecule has 0 aromatic carbocycles. The molecule has 54 valence electrons. The molecule has 0 unspecified atom stereocenters. The maximum Gasteiger partial charge on any atom is 0.234 e. The lowest BCUT2D eigenvalue weighted by Crippen LogP contribution is -2.43. The maximum atomic E-state index is 5.04. The molecule has 1 heterocycles. The summed E-state index contributed by atoms with van der Waals surface area (Å²) in [6, 6.07) is 4.02. The first-order valence-corrected chi connectivity index (χ1v) is 3.28. The van der Waals surface area contributed by atoms with Crippen LogP contribution in [0, 0.1) is 13.8 Å². The molecule has 0 radical (unpaired) electrons. The quantitative estimate of drug-likeness (QED) is 0.519. The third kappa shape index (κ3) is 1.10. The van der Waals surface area contributed by atoms with Gasteiger partial charge in [-0.3, -0.25) is 4.84 Å². The van der Waals surface area contributed by atoms with Crippen LogP contribution in [0.25, 0.3) is 0 Å². The Hall–Kier alpha value is -1.05. The van der Waals surface area contributed by atoms with Crippen LogP contribution in [0.5, 0.6) is 0 Å². The summed E-state index contributed by atoms with van der Waals surface area (Å²) in [5, 5.41) is 0. The Morgan fingerprint density at radius 1 is 1.40 bits per heavy atom. The summed E-state index contributed by atoms with van der Waals surface area (Å²) < 4.78 is 1.75. The van der Waals surface area contributed by atoms with Gasteiger partial charge in [-0.05, 0) is 13.0 Å². The number of hydrogen-bond donors (Lipinski definition) is 0. The molecule has 0 saturated heterocycles. The van der Waals surface area contributed by atoms with Crippen LogP contribution in [-0.4, -0.2) is 7.11 Å². The fraction of sp³-hybridized carbons (Fsp3) is 0.375. The zero-order valence-electron chi connectivity index (χ0n) is 6.59. The van der Waals surface area contributed by atoms with E-state index in [-0.39, 0.29) is 0 Å². The van der Waals surface area contributed by atoms with Crippen LogP contribution >= 0.6 is 0 Å². The molecule has 0 saturated carbocycles. The van der Waals surface area contributed by atoms with Crippen molar-refractivity contribution in [2.75, 3.05) is 7.11 Å². The van der Waals surface area contributed by atoms with Gasteiger partial charge in [0, 0.05) is 23.3 Å². The van der Waals surface area contributed by atoms with Gasteiger partial charge < -0.3 is 0 Å². The molecule has 0 fully saturated rings. The predicted molar refractivity (Wildman–Crippen MR) is 38.6 cm³/mol. The SMILES string of the molecule is CO[n+]1cccc(C)c1C. The Bertz CT molecular complexity index is 233. The van der Waals surface area contributed by atoms with Crippen molar-refractivity contribution in [3.63, 3.8) is 0 Å². The molecule has 0 aliphatic heterocycles. The van der Waals surface area contributed by atoms with Crippen molar-refractivity contribution in [3.05, 3.63) is 29.6 Å². The maximum absolute atomic E-state index is 5.04. The second-order valence-corrected chi connectivity index (χ2v) is 2.28. The molecule has 0 N–H and O–H groups in total. The number of aromatic nitrogens is 1. The van der Waals surface area contributed by atoms with Crippen molar-refractivity contribution in [1.29, 1.82) is 0 Å². The van der Waals surface area contributed by atoms with Gasteiger partial charge >= 0.3 is 0 Å². The molecule has 0 atom stereocenters. The van der Waals surface area contributed by atoms with Crippen LogP contribution in [0.15, 0.2) is 18.3 Å². The molecule has 10 heavy (non-hydrogen) atoms. The highest BCUT2D eigenvalue weighted by Crippen LogP contribution is 1.96. The zero-order valence-corrected chi connectivity index (χ0v) is 6.59. The molecule has 1 rings (SSSR count). The minimum Gasteiger partial charge on any atom is -0.274 e. The second kappa shape index (κ2) is 2.69. The first-order chi connectivity index (χ1) is 4.75. The summed E-state index contributed by atoms with van der Waals surface area (Å²) in [5.41, 5.74) is 2.38. The Morgan fingerprint density at radius 2 is 2.10 bits per heavy atom. The molecule has 0 spiro atoms. The number of pyridine rings is 1. The summed E-state index contributed by atoms with van der Waals surface area (Å²) in [4.78, 5) is 5.04. The largest absolute Gasteiger partial charge is 0.274 e. The first kappa shape index (κ1) is 7.06. The third-order valence-corrected chi connectivity index (χ3v) is 1.67. The first-order valence-electron chi connectivity index (χ1n) is 3.28. The van der Waals surface area contributed by atoms with Gasteiger partial charge in [0.25, 0.3) is 0 Å². The molecule has 1 aromatic rings. The summed E-state index contributed by atoms with van der Waals surface area (Å²) in [5.74, 6) is 0. The van der Waals surface area contributed by atoms with Crippen LogP contribution in [0.4, 0.5) is 0 Å². The molecule has 1 aromatic heterocycles. The van der Waals surface area contributed by atoms with Gasteiger partial charge in [0.1, 0.15) is 7.11 Å². The second-order valence-electron chi connectivity index (χ2n) is 2.28. The van der Waals surface area contributed by atoms with E-state index in [1.165, 1.54) is 5.56 Å². The van der Waals surface area contributed by atoms with Crippen molar-refractivity contribution in [2.45, 2.75) is 13.8 Å². The number of nitrogens with zero attached hydrogens (tertiary/aromatic N) is 1. The van der Waals surface area contributed by atoms with E-state index in [0.717, 1.165) is 5.69 Å². The van der Waals surface area contributed by atoms with Crippen molar-refractivity contribution in [1.82, 2.24) is 0 Å². The van der Waals surface area contributed by atoms with Gasteiger partial charge in [0.2, 0.25) is 11.9 Å². The van der Waals surface area contributed by atoms with Gasteiger partial charge in [0.15, 0.2) is 0 Å². The normalized spacial score (nSPS) is 9.50. The molecule has 0 bridgehead atoms. The lowest BCUT2D eigenvalue weighted by atomic mass is 10.2. The average Bonchev–Trinajstić information content (AvgIpc) is 1.95. The van der Waals surface area contributed by atoms with Gasteiger partial charge in [-0.25, -0.2) is 0 Å². The Balaban J connectivity index is 3.14. The van der Waals surface area contributed by atoms with E-state index in [1.54, 1.807) is 11.8 Å². The Morgan fingerprint density at radius 3 is 2.60 bits per heavy atom. The standard InChI is InChI=1S/C8H12NO/c1-7-5-4-6-9(10-3)8(7)2/h4-6H,1-3H3/q+1. The zero-order chi connectivity index (χ0) is 7.56. The van der Waals surface area contributed by atoms with Crippen molar-refractivity contribution in [2.24, 2.45) is 0 Å². The van der Waals surface area contributed by atoms with Crippen molar-refractivity contribution < 1.29 is 9.57 Å². The number of aryl methyl sites for hydroxylation is 1. The third-order valence-electron chi connectivity index (χ3n) is 1.67. The van der Waals surface area contributed by atoms with Crippen LogP contribution in [0.1, 0.15) is 11.3 Å². The van der Waals surface area contributed by atoms with Crippen LogP contribution in [-0.2, 0) is 0 Å². The highest BCUT2D eigenvalue weighted by atomic mass is 16.6. The fourth-order valence-electron chi connectivity index (χ4n) is 0.870. The van der Waals surface area contributed by atoms with Crippen LogP contribution in [0.3, 0.4) is 0 Å². The van der Waals surface area contributed by atoms with Gasteiger partial charge in [-0.1, -0.05) is 0 Å². The van der Waals surface area contributed by atoms with Crippen molar-refractivity contribution in [3.8, 4) is 0 Å². The fourth-order valence-corrected chi connectivity index (χ4v) is 0.870. The lowest BCUT2D eigenvalue weighted by molar-refractivity contribution is -0.889. The van der Waals surface area contributed by atoms with E-state index in [1.807, 2.05) is 19.2 Å². The predicted octanol–water partition coefficient (Wildman–Crippen LogP) is 0.649. The lowest BCUT2D eigenvalue weighted by Gasteiger charge is -1.96. The molecule has 0 aliphatic rings. The van der Waals surface area contributed by atoms with E-state index in [4.69, 9.17) is 4.84 Å². The molecular formula is C8H12NO+. The van der Waals surface area contributed by atoms with Crippen molar-refractivity contribution >= 4 is 0 Å². The highest BCUT2D eigenvalue weighted by Gasteiger charge is 2.06. The summed E-state index contributed by atoms with van der Waals surface area (Å²) in [7, 11) is 1.66. The average molecular weight is 138 g/mol. The van der Waals surface area contributed by atoms with E-state index < -0.39 is 0 Å². The van der Waals surface area contributed by atoms with E-state index in [2.05, 4.69) is 13.0 Å². The topological polar surface area (TPSA) is 13.1 Å². The van der Waals surface area contributed by atoms with Gasteiger partial charge in [-0.2, -0.15) is 0 Å². The molecular weight excluding hydrogens is 126 g/mol. The smallest absolute Gasteiger partial charge is 0.234 e.